The number of aliphatic carboxylic acids is 1. The predicted octanol–water partition coefficient (Wildman–Crippen LogP) is 2.29. The molecule has 0 saturated carbocycles. The number of carboxylic acids is 1. The lowest BCUT2D eigenvalue weighted by Gasteiger charge is -2.24. The van der Waals surface area contributed by atoms with E-state index in [0.717, 1.165) is 18.5 Å². The summed E-state index contributed by atoms with van der Waals surface area (Å²) >= 11 is 0. The lowest BCUT2D eigenvalue weighted by atomic mass is 9.91. The van der Waals surface area contributed by atoms with E-state index >= 15 is 0 Å². The molecule has 1 aliphatic rings. The van der Waals surface area contributed by atoms with Gasteiger partial charge < -0.3 is 5.11 Å². The maximum Gasteiger partial charge on any atom is 0.303 e. The fraction of sp³-hybridized carbons (Fsp3) is 0.462. The average molecular weight is 237 g/mol. The second-order valence-corrected chi connectivity index (χ2v) is 4.62. The summed E-state index contributed by atoms with van der Waals surface area (Å²) in [5, 5.41) is 8.89. The third kappa shape index (κ3) is 2.64. The zero-order chi connectivity index (χ0) is 12.4. The van der Waals surface area contributed by atoms with Gasteiger partial charge in [-0.3, -0.25) is 9.69 Å². The molecule has 2 atom stereocenters. The van der Waals surface area contributed by atoms with E-state index in [1.165, 1.54) is 12.1 Å². The van der Waals surface area contributed by atoms with E-state index in [1.807, 2.05) is 7.05 Å². The van der Waals surface area contributed by atoms with Crippen molar-refractivity contribution in [2.75, 3.05) is 13.6 Å². The van der Waals surface area contributed by atoms with Crippen LogP contribution in [-0.2, 0) is 4.79 Å². The summed E-state index contributed by atoms with van der Waals surface area (Å²) in [6, 6.07) is 6.44. The third-order valence-electron chi connectivity index (χ3n) is 3.42. The van der Waals surface area contributed by atoms with Crippen LogP contribution in [0, 0.1) is 11.7 Å². The number of likely N-dealkylation sites (tertiary alicyclic amines) is 1. The van der Waals surface area contributed by atoms with E-state index in [4.69, 9.17) is 5.11 Å². The predicted molar refractivity (Wildman–Crippen MR) is 62.1 cm³/mol. The number of rotatable bonds is 3. The van der Waals surface area contributed by atoms with E-state index in [2.05, 4.69) is 4.90 Å². The van der Waals surface area contributed by atoms with Crippen molar-refractivity contribution in [1.29, 1.82) is 0 Å². The Balaban J connectivity index is 2.21. The summed E-state index contributed by atoms with van der Waals surface area (Å²) in [7, 11) is 1.98. The molecule has 0 aromatic heterocycles. The monoisotopic (exact) mass is 237 g/mol. The molecule has 1 aromatic rings. The molecule has 0 radical (unpaired) electrons. The van der Waals surface area contributed by atoms with Crippen molar-refractivity contribution in [2.45, 2.75) is 18.9 Å². The standard InChI is InChI=1S/C13H16FNO2/c1-15-7-6-10(8-12(16)17)13(15)9-2-4-11(14)5-3-9/h2-5,10,13H,6-8H2,1H3,(H,16,17). The Hall–Kier alpha value is -1.42. The second-order valence-electron chi connectivity index (χ2n) is 4.62. The van der Waals surface area contributed by atoms with E-state index in [9.17, 15) is 9.18 Å². The molecule has 1 heterocycles. The largest absolute Gasteiger partial charge is 0.481 e. The zero-order valence-electron chi connectivity index (χ0n) is 9.77. The molecule has 2 unspecified atom stereocenters. The van der Waals surface area contributed by atoms with Crippen molar-refractivity contribution in [3.05, 3.63) is 35.6 Å². The van der Waals surface area contributed by atoms with Gasteiger partial charge in [0.2, 0.25) is 0 Å². The first-order chi connectivity index (χ1) is 8.08. The molecular weight excluding hydrogens is 221 g/mol. The summed E-state index contributed by atoms with van der Waals surface area (Å²) in [5.74, 6) is -0.912. The number of carbonyl (C=O) groups is 1. The summed E-state index contributed by atoms with van der Waals surface area (Å²) in [5.41, 5.74) is 0.998. The van der Waals surface area contributed by atoms with Crippen molar-refractivity contribution in [3.63, 3.8) is 0 Å². The quantitative estimate of drug-likeness (QED) is 0.876. The maximum atomic E-state index is 12.9. The van der Waals surface area contributed by atoms with Gasteiger partial charge in [-0.15, -0.1) is 0 Å². The number of carboxylic acid groups (broad SMARTS) is 1. The molecule has 0 bridgehead atoms. The molecule has 0 spiro atoms. The Labute approximate surface area is 99.9 Å². The lowest BCUT2D eigenvalue weighted by molar-refractivity contribution is -0.138. The van der Waals surface area contributed by atoms with Crippen LogP contribution < -0.4 is 0 Å². The van der Waals surface area contributed by atoms with Crippen LogP contribution in [0.15, 0.2) is 24.3 Å². The van der Waals surface area contributed by atoms with E-state index in [0.29, 0.717) is 0 Å². The van der Waals surface area contributed by atoms with Crippen LogP contribution in [0.3, 0.4) is 0 Å². The fourth-order valence-electron chi connectivity index (χ4n) is 2.65. The van der Waals surface area contributed by atoms with Crippen LogP contribution in [-0.4, -0.2) is 29.6 Å². The number of benzene rings is 1. The highest BCUT2D eigenvalue weighted by Gasteiger charge is 2.34. The van der Waals surface area contributed by atoms with Gasteiger partial charge in [-0.05, 0) is 43.6 Å². The molecule has 1 aromatic carbocycles. The van der Waals surface area contributed by atoms with Crippen molar-refractivity contribution in [3.8, 4) is 0 Å². The molecule has 1 saturated heterocycles. The molecule has 1 N–H and O–H groups in total. The molecule has 1 aliphatic heterocycles. The van der Waals surface area contributed by atoms with Crippen LogP contribution in [0.4, 0.5) is 4.39 Å². The van der Waals surface area contributed by atoms with Gasteiger partial charge in [-0.2, -0.15) is 0 Å². The highest BCUT2D eigenvalue weighted by Crippen LogP contribution is 2.37. The number of hydrogen-bond acceptors (Lipinski definition) is 2. The SMILES string of the molecule is CN1CCC(CC(=O)O)C1c1ccc(F)cc1. The first-order valence-electron chi connectivity index (χ1n) is 5.75. The molecule has 17 heavy (non-hydrogen) atoms. The van der Waals surface area contributed by atoms with Crippen LogP contribution in [0.1, 0.15) is 24.4 Å². The van der Waals surface area contributed by atoms with Gasteiger partial charge in [0.05, 0.1) is 6.42 Å². The Morgan fingerprint density at radius 1 is 1.47 bits per heavy atom. The molecule has 1 fully saturated rings. The lowest BCUT2D eigenvalue weighted by Crippen LogP contribution is -2.22. The topological polar surface area (TPSA) is 40.5 Å². The van der Waals surface area contributed by atoms with Gasteiger partial charge in [-0.25, -0.2) is 4.39 Å². The molecular formula is C13H16FNO2. The first-order valence-corrected chi connectivity index (χ1v) is 5.75. The van der Waals surface area contributed by atoms with E-state index in [-0.39, 0.29) is 24.2 Å². The second kappa shape index (κ2) is 4.84. The van der Waals surface area contributed by atoms with Crippen molar-refractivity contribution in [1.82, 2.24) is 4.90 Å². The summed E-state index contributed by atoms with van der Waals surface area (Å²) < 4.78 is 12.9. The number of halogens is 1. The fourth-order valence-corrected chi connectivity index (χ4v) is 2.65. The van der Waals surface area contributed by atoms with Crippen molar-refractivity contribution < 1.29 is 14.3 Å². The highest BCUT2D eigenvalue weighted by atomic mass is 19.1. The Kier molecular flexibility index (Phi) is 3.43. The van der Waals surface area contributed by atoms with Crippen molar-refractivity contribution >= 4 is 5.97 Å². The maximum absolute atomic E-state index is 12.9. The number of nitrogens with zero attached hydrogens (tertiary/aromatic N) is 1. The van der Waals surface area contributed by atoms with Crippen LogP contribution in [0.25, 0.3) is 0 Å². The van der Waals surface area contributed by atoms with Gasteiger partial charge in [0.25, 0.3) is 0 Å². The third-order valence-corrected chi connectivity index (χ3v) is 3.42. The molecule has 0 aliphatic carbocycles. The van der Waals surface area contributed by atoms with E-state index < -0.39 is 5.97 Å². The highest BCUT2D eigenvalue weighted by molar-refractivity contribution is 5.67. The minimum Gasteiger partial charge on any atom is -0.481 e. The smallest absolute Gasteiger partial charge is 0.303 e. The summed E-state index contributed by atoms with van der Waals surface area (Å²) in [6.45, 7) is 0.889. The number of hydrogen-bond donors (Lipinski definition) is 1. The molecule has 0 amide bonds. The van der Waals surface area contributed by atoms with Crippen LogP contribution >= 0.6 is 0 Å². The van der Waals surface area contributed by atoms with Crippen molar-refractivity contribution in [2.24, 2.45) is 5.92 Å². The first kappa shape index (κ1) is 12.0. The summed E-state index contributed by atoms with van der Waals surface area (Å²) in [4.78, 5) is 13.0. The van der Waals surface area contributed by atoms with Crippen LogP contribution in [0.5, 0.6) is 0 Å². The zero-order valence-corrected chi connectivity index (χ0v) is 9.77. The minimum atomic E-state index is -0.766. The normalized spacial score (nSPS) is 25.1. The van der Waals surface area contributed by atoms with E-state index in [1.54, 1.807) is 12.1 Å². The Bertz CT molecular complexity index is 404. The minimum absolute atomic E-state index is 0.0895. The Morgan fingerprint density at radius 3 is 2.71 bits per heavy atom. The average Bonchev–Trinajstić information content (AvgIpc) is 2.61. The van der Waals surface area contributed by atoms with Gasteiger partial charge >= 0.3 is 5.97 Å². The Morgan fingerprint density at radius 2 is 2.12 bits per heavy atom. The summed E-state index contributed by atoms with van der Waals surface area (Å²) in [6.07, 6.45) is 1.05. The van der Waals surface area contributed by atoms with Gasteiger partial charge in [0.15, 0.2) is 0 Å². The van der Waals surface area contributed by atoms with Crippen LogP contribution in [0.2, 0.25) is 0 Å². The molecule has 4 heteroatoms. The van der Waals surface area contributed by atoms with Gasteiger partial charge in [0, 0.05) is 6.04 Å². The molecule has 3 nitrogen and oxygen atoms in total. The molecule has 2 rings (SSSR count). The van der Waals surface area contributed by atoms with Gasteiger partial charge in [0.1, 0.15) is 5.82 Å². The van der Waals surface area contributed by atoms with Gasteiger partial charge in [-0.1, -0.05) is 12.1 Å². The molecule has 92 valence electrons.